The minimum absolute atomic E-state index is 0.0722. The number of fused-ring (bicyclic) bond motifs is 1. The van der Waals surface area contributed by atoms with Gasteiger partial charge in [-0.2, -0.15) is 0 Å². The molecule has 1 heterocycles. The molecular weight excluding hydrogens is 254 g/mol. The second-order valence-corrected chi connectivity index (χ2v) is 4.99. The Kier molecular flexibility index (Phi) is 3.88. The summed E-state index contributed by atoms with van der Waals surface area (Å²) in [6, 6.07) is 7.26. The molecule has 1 aromatic rings. The second kappa shape index (κ2) is 5.41. The molecule has 2 rings (SSSR count). The fourth-order valence-corrected chi connectivity index (χ4v) is 2.76. The van der Waals surface area contributed by atoms with Gasteiger partial charge in [-0.25, -0.2) is 0 Å². The van der Waals surface area contributed by atoms with Crippen LogP contribution in [-0.2, 0) is 9.59 Å². The van der Waals surface area contributed by atoms with Gasteiger partial charge in [-0.1, -0.05) is 12.1 Å². The average molecular weight is 267 g/mol. The molecule has 0 aromatic heterocycles. The van der Waals surface area contributed by atoms with Crippen LogP contribution in [0.2, 0.25) is 0 Å². The molecule has 5 nitrogen and oxygen atoms in total. The number of aliphatic hydroxyl groups excluding tert-OH is 1. The summed E-state index contributed by atoms with van der Waals surface area (Å²) in [5.41, 5.74) is 0.672. The van der Waals surface area contributed by atoms with Gasteiger partial charge in [-0.05, 0) is 12.1 Å². The van der Waals surface area contributed by atoms with Gasteiger partial charge in [0, 0.05) is 17.2 Å². The zero-order valence-corrected chi connectivity index (χ0v) is 10.4. The minimum atomic E-state index is -1.09. The average Bonchev–Trinajstić information content (AvgIpc) is 2.47. The summed E-state index contributed by atoms with van der Waals surface area (Å²) in [6.07, 6.45) is -1.23. The predicted molar refractivity (Wildman–Crippen MR) is 67.8 cm³/mol. The molecule has 2 N–H and O–H groups in total. The number of carboxylic acids is 1. The van der Waals surface area contributed by atoms with Gasteiger partial charge in [0.15, 0.2) is 0 Å². The van der Waals surface area contributed by atoms with E-state index in [1.165, 1.54) is 16.7 Å². The Morgan fingerprint density at radius 3 is 2.89 bits per heavy atom. The molecule has 0 bridgehead atoms. The van der Waals surface area contributed by atoms with E-state index in [9.17, 15) is 14.7 Å². The minimum Gasteiger partial charge on any atom is -0.481 e. The van der Waals surface area contributed by atoms with Gasteiger partial charge in [0.2, 0.25) is 0 Å². The van der Waals surface area contributed by atoms with E-state index in [2.05, 4.69) is 0 Å². The van der Waals surface area contributed by atoms with E-state index in [0.717, 1.165) is 4.90 Å². The molecule has 0 fully saturated rings. The number of rotatable bonds is 3. The number of anilines is 1. The van der Waals surface area contributed by atoms with E-state index in [4.69, 9.17) is 5.11 Å². The van der Waals surface area contributed by atoms with Gasteiger partial charge in [-0.15, -0.1) is 11.8 Å². The lowest BCUT2D eigenvalue weighted by molar-refractivity contribution is -0.136. The molecule has 1 aromatic carbocycles. The first-order valence-corrected chi connectivity index (χ1v) is 6.51. The van der Waals surface area contributed by atoms with Gasteiger partial charge in [0.05, 0.1) is 12.1 Å². The van der Waals surface area contributed by atoms with Gasteiger partial charge >= 0.3 is 5.97 Å². The van der Waals surface area contributed by atoms with Crippen LogP contribution in [0.5, 0.6) is 0 Å². The highest BCUT2D eigenvalue weighted by atomic mass is 32.2. The molecule has 0 saturated carbocycles. The fraction of sp³-hybridized carbons (Fsp3) is 0.333. The topological polar surface area (TPSA) is 77.8 Å². The molecule has 6 heteroatoms. The highest BCUT2D eigenvalue weighted by molar-refractivity contribution is 7.99. The number of aliphatic hydroxyl groups is 1. The van der Waals surface area contributed by atoms with Gasteiger partial charge in [0.25, 0.3) is 5.91 Å². The Hall–Kier alpha value is -1.53. The second-order valence-electron chi connectivity index (χ2n) is 3.93. The molecule has 1 atom stereocenters. The molecule has 0 spiro atoms. The summed E-state index contributed by atoms with van der Waals surface area (Å²) >= 11 is 1.40. The smallest absolute Gasteiger partial charge is 0.305 e. The zero-order valence-electron chi connectivity index (χ0n) is 9.57. The number of hydrogen-bond donors (Lipinski definition) is 2. The van der Waals surface area contributed by atoms with Crippen molar-refractivity contribution in [1.82, 2.24) is 0 Å². The largest absolute Gasteiger partial charge is 0.481 e. The number of carboxylic acid groups (broad SMARTS) is 1. The SMILES string of the molecule is O=C(O)CCN1C(=O)C(O)CSc2ccccc21. The van der Waals surface area contributed by atoms with Gasteiger partial charge < -0.3 is 15.1 Å². The van der Waals surface area contributed by atoms with E-state index >= 15 is 0 Å². The molecule has 1 aliphatic heterocycles. The van der Waals surface area contributed by atoms with Crippen LogP contribution in [0.25, 0.3) is 0 Å². The van der Waals surface area contributed by atoms with Crippen molar-refractivity contribution >= 4 is 29.3 Å². The first kappa shape index (κ1) is 12.9. The number of nitrogens with zero attached hydrogens (tertiary/aromatic N) is 1. The molecule has 0 aliphatic carbocycles. The van der Waals surface area contributed by atoms with Crippen molar-refractivity contribution in [3.8, 4) is 0 Å². The van der Waals surface area contributed by atoms with Crippen LogP contribution in [0, 0.1) is 0 Å². The summed E-state index contributed by atoms with van der Waals surface area (Å²) in [7, 11) is 0. The summed E-state index contributed by atoms with van der Waals surface area (Å²) in [6.45, 7) is 0.0722. The van der Waals surface area contributed by atoms with Crippen LogP contribution < -0.4 is 4.90 Å². The highest BCUT2D eigenvalue weighted by Gasteiger charge is 2.29. The Morgan fingerprint density at radius 1 is 1.44 bits per heavy atom. The Balaban J connectivity index is 2.32. The summed E-state index contributed by atoms with van der Waals surface area (Å²) in [5, 5.41) is 18.4. The zero-order chi connectivity index (χ0) is 13.1. The first-order valence-electron chi connectivity index (χ1n) is 5.52. The fourth-order valence-electron chi connectivity index (χ4n) is 1.78. The van der Waals surface area contributed by atoms with Crippen LogP contribution >= 0.6 is 11.8 Å². The van der Waals surface area contributed by atoms with Crippen LogP contribution in [-0.4, -0.2) is 40.5 Å². The van der Waals surface area contributed by atoms with Crippen molar-refractivity contribution in [2.75, 3.05) is 17.2 Å². The molecular formula is C12H13NO4S. The molecule has 18 heavy (non-hydrogen) atoms. The van der Waals surface area contributed by atoms with E-state index in [1.807, 2.05) is 12.1 Å². The normalized spacial score (nSPS) is 19.3. The first-order chi connectivity index (χ1) is 8.59. The number of benzene rings is 1. The van der Waals surface area contributed by atoms with Crippen molar-refractivity contribution in [2.24, 2.45) is 0 Å². The van der Waals surface area contributed by atoms with E-state index in [1.54, 1.807) is 12.1 Å². The van der Waals surface area contributed by atoms with E-state index < -0.39 is 18.0 Å². The Morgan fingerprint density at radius 2 is 2.17 bits per heavy atom. The molecule has 1 aliphatic rings. The lowest BCUT2D eigenvalue weighted by Gasteiger charge is -2.23. The monoisotopic (exact) mass is 267 g/mol. The van der Waals surface area contributed by atoms with Crippen molar-refractivity contribution < 1.29 is 19.8 Å². The number of hydrogen-bond acceptors (Lipinski definition) is 4. The highest BCUT2D eigenvalue weighted by Crippen LogP contribution is 2.34. The molecule has 0 radical (unpaired) electrons. The molecule has 1 unspecified atom stereocenters. The molecule has 1 amide bonds. The van der Waals surface area contributed by atoms with Crippen molar-refractivity contribution in [1.29, 1.82) is 0 Å². The van der Waals surface area contributed by atoms with Gasteiger partial charge in [0.1, 0.15) is 6.10 Å². The molecule has 96 valence electrons. The maximum atomic E-state index is 12.0. The third kappa shape index (κ3) is 2.65. The van der Waals surface area contributed by atoms with Crippen molar-refractivity contribution in [3.05, 3.63) is 24.3 Å². The maximum absolute atomic E-state index is 12.0. The van der Waals surface area contributed by atoms with Crippen LogP contribution in [0.4, 0.5) is 5.69 Å². The molecule has 0 saturated heterocycles. The van der Waals surface area contributed by atoms with E-state index in [0.29, 0.717) is 11.4 Å². The summed E-state index contributed by atoms with van der Waals surface area (Å²) < 4.78 is 0. The standard InChI is InChI=1S/C12H13NO4S/c14-9-7-18-10-4-2-1-3-8(10)13(12(9)17)6-5-11(15)16/h1-4,9,14H,5-7H2,(H,15,16). The maximum Gasteiger partial charge on any atom is 0.305 e. The van der Waals surface area contributed by atoms with E-state index in [-0.39, 0.29) is 13.0 Å². The van der Waals surface area contributed by atoms with Crippen molar-refractivity contribution in [3.63, 3.8) is 0 Å². The van der Waals surface area contributed by atoms with Crippen molar-refractivity contribution in [2.45, 2.75) is 17.4 Å². The van der Waals surface area contributed by atoms with Crippen LogP contribution in [0.1, 0.15) is 6.42 Å². The number of carbonyl (C=O) groups is 2. The summed E-state index contributed by atoms with van der Waals surface area (Å²) in [5.74, 6) is -1.11. The number of carbonyl (C=O) groups excluding carboxylic acids is 1. The predicted octanol–water partition coefficient (Wildman–Crippen LogP) is 0.961. The summed E-state index contributed by atoms with van der Waals surface area (Å²) in [4.78, 5) is 24.9. The van der Waals surface area contributed by atoms with Crippen LogP contribution in [0.3, 0.4) is 0 Å². The third-order valence-electron chi connectivity index (χ3n) is 2.65. The lowest BCUT2D eigenvalue weighted by atomic mass is 10.2. The quantitative estimate of drug-likeness (QED) is 0.853. The van der Waals surface area contributed by atoms with Gasteiger partial charge in [-0.3, -0.25) is 9.59 Å². The number of para-hydroxylation sites is 1. The lowest BCUT2D eigenvalue weighted by Crippen LogP contribution is -2.40. The van der Waals surface area contributed by atoms with Crippen LogP contribution in [0.15, 0.2) is 29.2 Å². The number of thioether (sulfide) groups is 1. The third-order valence-corrected chi connectivity index (χ3v) is 3.79. The Bertz CT molecular complexity index is 477. The number of amides is 1. The number of aliphatic carboxylic acids is 1. The Labute approximate surface area is 108 Å².